The molecule has 0 radical (unpaired) electrons. The van der Waals surface area contributed by atoms with Gasteiger partial charge in [-0.05, 0) is 25.1 Å². The summed E-state index contributed by atoms with van der Waals surface area (Å²) < 4.78 is 21.2. The first-order valence-electron chi connectivity index (χ1n) is 9.92. The first-order valence-corrected chi connectivity index (χ1v) is 9.92. The van der Waals surface area contributed by atoms with Gasteiger partial charge in [0.2, 0.25) is 5.91 Å². The lowest BCUT2D eigenvalue weighted by molar-refractivity contribution is -0.116. The number of nitrogens with one attached hydrogen (secondary N) is 3. The third-order valence-electron chi connectivity index (χ3n) is 4.68. The van der Waals surface area contributed by atoms with Crippen LogP contribution in [0.3, 0.4) is 0 Å². The molecule has 0 saturated carbocycles. The molecule has 3 rings (SSSR count). The van der Waals surface area contributed by atoms with Gasteiger partial charge in [0.05, 0.1) is 25.2 Å². The van der Waals surface area contributed by atoms with E-state index in [0.717, 1.165) is 13.1 Å². The largest absolute Gasteiger partial charge is 0.379 e. The molecule has 1 aromatic heterocycles. The maximum Gasteiger partial charge on any atom is 0.319 e. The lowest BCUT2D eigenvalue weighted by atomic mass is 10.2. The van der Waals surface area contributed by atoms with E-state index in [-0.39, 0.29) is 24.1 Å². The Hall–Kier alpha value is -2.98. The molecule has 2 heterocycles. The second-order valence-electron chi connectivity index (χ2n) is 7.21. The Morgan fingerprint density at radius 2 is 2.07 bits per heavy atom. The maximum absolute atomic E-state index is 14.1. The summed E-state index contributed by atoms with van der Waals surface area (Å²) in [6.07, 6.45) is 5.40. The molecular formula is C20H27FN6O3. The van der Waals surface area contributed by atoms with E-state index in [1.807, 2.05) is 17.7 Å². The lowest BCUT2D eigenvalue weighted by Gasteiger charge is -2.26. The molecule has 1 aliphatic heterocycles. The van der Waals surface area contributed by atoms with Crippen LogP contribution in [0.5, 0.6) is 0 Å². The molecule has 1 aliphatic rings. The quantitative estimate of drug-likeness (QED) is 0.608. The van der Waals surface area contributed by atoms with Crippen molar-refractivity contribution in [3.8, 4) is 0 Å². The molecule has 0 aliphatic carbocycles. The Kier molecular flexibility index (Phi) is 7.75. The summed E-state index contributed by atoms with van der Waals surface area (Å²) in [6.45, 7) is 5.92. The summed E-state index contributed by atoms with van der Waals surface area (Å²) in [5.74, 6) is -0.842. The summed E-state index contributed by atoms with van der Waals surface area (Å²) in [5, 5.41) is 8.04. The second kappa shape index (κ2) is 10.7. The smallest absolute Gasteiger partial charge is 0.319 e. The molecule has 3 N–H and O–H groups in total. The molecular weight excluding hydrogens is 391 g/mol. The van der Waals surface area contributed by atoms with E-state index in [9.17, 15) is 14.0 Å². The van der Waals surface area contributed by atoms with Crippen molar-refractivity contribution in [1.29, 1.82) is 0 Å². The van der Waals surface area contributed by atoms with Gasteiger partial charge in [-0.25, -0.2) is 14.2 Å². The number of carbonyl (C=O) groups is 2. The van der Waals surface area contributed by atoms with Crippen LogP contribution in [-0.4, -0.2) is 65.3 Å². The average Bonchev–Trinajstić information content (AvgIpc) is 3.22. The van der Waals surface area contributed by atoms with Crippen molar-refractivity contribution in [2.45, 2.75) is 25.9 Å². The molecule has 1 fully saturated rings. The number of benzene rings is 1. The van der Waals surface area contributed by atoms with Crippen LogP contribution in [-0.2, 0) is 16.1 Å². The number of hydrogen-bond acceptors (Lipinski definition) is 5. The highest BCUT2D eigenvalue weighted by Crippen LogP contribution is 2.20. The zero-order valence-corrected chi connectivity index (χ0v) is 16.9. The third kappa shape index (κ3) is 6.82. The minimum atomic E-state index is -0.561. The number of hydrogen-bond donors (Lipinski definition) is 3. The van der Waals surface area contributed by atoms with Crippen molar-refractivity contribution in [3.05, 3.63) is 42.7 Å². The molecule has 2 aromatic rings. The van der Waals surface area contributed by atoms with E-state index in [4.69, 9.17) is 4.74 Å². The Morgan fingerprint density at radius 3 is 2.80 bits per heavy atom. The fourth-order valence-electron chi connectivity index (χ4n) is 3.14. The number of halogens is 1. The summed E-state index contributed by atoms with van der Waals surface area (Å²) in [7, 11) is 0. The second-order valence-corrected chi connectivity index (χ2v) is 7.21. The number of carbonyl (C=O) groups excluding carboxylic acids is 2. The van der Waals surface area contributed by atoms with Crippen molar-refractivity contribution in [2.24, 2.45) is 0 Å². The van der Waals surface area contributed by atoms with Crippen molar-refractivity contribution >= 4 is 23.3 Å². The summed E-state index contributed by atoms with van der Waals surface area (Å²) in [5.41, 5.74) is 0.415. The van der Waals surface area contributed by atoms with Crippen molar-refractivity contribution in [3.63, 3.8) is 0 Å². The molecule has 0 spiro atoms. The van der Waals surface area contributed by atoms with Gasteiger partial charge in [0.15, 0.2) is 0 Å². The molecule has 1 atom stereocenters. The molecule has 0 bridgehead atoms. The van der Waals surface area contributed by atoms with Crippen LogP contribution in [0, 0.1) is 5.82 Å². The van der Waals surface area contributed by atoms with Gasteiger partial charge in [-0.2, -0.15) is 0 Å². The number of nitrogens with zero attached hydrogens (tertiary/aromatic N) is 3. The fraction of sp³-hybridized carbons (Fsp3) is 0.450. The molecule has 1 saturated heterocycles. The van der Waals surface area contributed by atoms with Crippen LogP contribution in [0.25, 0.3) is 0 Å². The van der Waals surface area contributed by atoms with Crippen molar-refractivity contribution < 1.29 is 18.7 Å². The number of rotatable bonds is 8. The predicted octanol–water partition coefficient (Wildman–Crippen LogP) is 1.89. The number of imidazole rings is 1. The molecule has 0 unspecified atom stereocenters. The van der Waals surface area contributed by atoms with Gasteiger partial charge >= 0.3 is 6.03 Å². The number of anilines is 2. The van der Waals surface area contributed by atoms with E-state index >= 15 is 0 Å². The van der Waals surface area contributed by atoms with E-state index in [0.29, 0.717) is 32.0 Å². The highest BCUT2D eigenvalue weighted by molar-refractivity contribution is 5.93. The van der Waals surface area contributed by atoms with Crippen molar-refractivity contribution in [1.82, 2.24) is 19.8 Å². The number of aromatic nitrogens is 2. The molecule has 3 amide bonds. The van der Waals surface area contributed by atoms with Gasteiger partial charge in [-0.3, -0.25) is 9.69 Å². The first-order chi connectivity index (χ1) is 14.5. The Labute approximate surface area is 174 Å². The Balaban J connectivity index is 1.48. The minimum absolute atomic E-state index is 0.0336. The van der Waals surface area contributed by atoms with Gasteiger partial charge in [0.25, 0.3) is 0 Å². The van der Waals surface area contributed by atoms with Gasteiger partial charge < -0.3 is 25.3 Å². The number of ether oxygens (including phenoxy) is 1. The van der Waals surface area contributed by atoms with Crippen LogP contribution < -0.4 is 16.0 Å². The highest BCUT2D eigenvalue weighted by Gasteiger charge is 2.14. The molecule has 1 aromatic carbocycles. The predicted molar refractivity (Wildman–Crippen MR) is 111 cm³/mol. The standard InChI is InChI=1S/C20H27FN6O3/c1-15(13-27-7-5-22-14-27)23-20(29)24-16-2-3-17(21)18(12-16)25-19(28)4-6-26-8-10-30-11-9-26/h2-3,5,7,12,14-15H,4,6,8-11,13H2,1H3,(H,25,28)(H2,23,24,29)/t15-/m1/s1. The zero-order valence-electron chi connectivity index (χ0n) is 16.9. The van der Waals surface area contributed by atoms with Crippen LogP contribution in [0.15, 0.2) is 36.9 Å². The molecule has 9 nitrogen and oxygen atoms in total. The first kappa shape index (κ1) is 21.7. The number of amides is 3. The van der Waals surface area contributed by atoms with Crippen molar-refractivity contribution in [2.75, 3.05) is 43.5 Å². The van der Waals surface area contributed by atoms with Gasteiger partial charge in [0, 0.05) is 56.7 Å². The summed E-state index contributed by atoms with van der Waals surface area (Å²) >= 11 is 0. The van der Waals surface area contributed by atoms with Crippen LogP contribution in [0.1, 0.15) is 13.3 Å². The Bertz CT molecular complexity index is 839. The maximum atomic E-state index is 14.1. The van der Waals surface area contributed by atoms with Crippen LogP contribution >= 0.6 is 0 Å². The molecule has 30 heavy (non-hydrogen) atoms. The van der Waals surface area contributed by atoms with E-state index in [1.165, 1.54) is 18.2 Å². The van der Waals surface area contributed by atoms with E-state index in [2.05, 4.69) is 25.8 Å². The summed E-state index contributed by atoms with van der Waals surface area (Å²) in [6, 6.07) is 3.50. The summed E-state index contributed by atoms with van der Waals surface area (Å²) in [4.78, 5) is 30.5. The fourth-order valence-corrected chi connectivity index (χ4v) is 3.14. The average molecular weight is 418 g/mol. The zero-order chi connectivity index (χ0) is 21.3. The molecule has 162 valence electrons. The van der Waals surface area contributed by atoms with E-state index < -0.39 is 11.8 Å². The van der Waals surface area contributed by atoms with Crippen LogP contribution in [0.4, 0.5) is 20.6 Å². The van der Waals surface area contributed by atoms with Gasteiger partial charge in [0.1, 0.15) is 5.82 Å². The van der Waals surface area contributed by atoms with Crippen LogP contribution in [0.2, 0.25) is 0 Å². The SMILES string of the molecule is C[C@H](Cn1ccnc1)NC(=O)Nc1ccc(F)c(NC(=O)CCN2CCOCC2)c1. The lowest BCUT2D eigenvalue weighted by Crippen LogP contribution is -2.38. The van der Waals surface area contributed by atoms with Gasteiger partial charge in [-0.1, -0.05) is 0 Å². The molecule has 10 heteroatoms. The normalized spacial score (nSPS) is 15.4. The Morgan fingerprint density at radius 1 is 1.27 bits per heavy atom. The third-order valence-corrected chi connectivity index (χ3v) is 4.68. The number of morpholine rings is 1. The minimum Gasteiger partial charge on any atom is -0.379 e. The number of urea groups is 1. The topological polar surface area (TPSA) is 101 Å². The highest BCUT2D eigenvalue weighted by atomic mass is 19.1. The van der Waals surface area contributed by atoms with Gasteiger partial charge in [-0.15, -0.1) is 0 Å². The monoisotopic (exact) mass is 418 g/mol. The van der Waals surface area contributed by atoms with E-state index in [1.54, 1.807) is 12.5 Å².